The molecule has 0 amide bonds. The number of nitrogens with one attached hydrogen (secondary N) is 1. The maximum absolute atomic E-state index is 5.56. The standard InChI is InChI=1S/C18H30N2O/c1-5-21-17-8-6-7-15(13-17)14-19-16-9-11-20(12-10-16)18(2,3)4/h6-8,13,16,19H,5,9-12,14H2,1-4H3. The van der Waals surface area contributed by atoms with Gasteiger partial charge in [0.15, 0.2) is 0 Å². The second kappa shape index (κ2) is 7.28. The Labute approximate surface area is 129 Å². The van der Waals surface area contributed by atoms with Crippen LogP contribution in [0.1, 0.15) is 46.1 Å². The topological polar surface area (TPSA) is 24.5 Å². The van der Waals surface area contributed by atoms with Crippen LogP contribution in [0.3, 0.4) is 0 Å². The van der Waals surface area contributed by atoms with Gasteiger partial charge in [-0.15, -0.1) is 0 Å². The molecule has 0 spiro atoms. The number of nitrogens with zero attached hydrogens (tertiary/aromatic N) is 1. The van der Waals surface area contributed by atoms with Crippen molar-refractivity contribution in [1.82, 2.24) is 10.2 Å². The number of benzene rings is 1. The fourth-order valence-corrected chi connectivity index (χ4v) is 2.93. The first-order chi connectivity index (χ1) is 9.99. The van der Waals surface area contributed by atoms with E-state index in [4.69, 9.17) is 4.74 Å². The molecule has 1 aromatic rings. The van der Waals surface area contributed by atoms with Crippen molar-refractivity contribution in [2.45, 2.75) is 58.7 Å². The number of ether oxygens (including phenoxy) is 1. The fraction of sp³-hybridized carbons (Fsp3) is 0.667. The lowest BCUT2D eigenvalue weighted by Gasteiger charge is -2.41. The van der Waals surface area contributed by atoms with Crippen LogP contribution < -0.4 is 10.1 Å². The first kappa shape index (κ1) is 16.3. The fourth-order valence-electron chi connectivity index (χ4n) is 2.93. The van der Waals surface area contributed by atoms with E-state index in [0.29, 0.717) is 11.6 Å². The van der Waals surface area contributed by atoms with Gasteiger partial charge >= 0.3 is 0 Å². The minimum Gasteiger partial charge on any atom is -0.494 e. The summed E-state index contributed by atoms with van der Waals surface area (Å²) in [6.07, 6.45) is 2.48. The molecule has 0 saturated carbocycles. The molecule has 0 aromatic heterocycles. The molecule has 3 nitrogen and oxygen atoms in total. The van der Waals surface area contributed by atoms with Gasteiger partial charge in [-0.25, -0.2) is 0 Å². The Hall–Kier alpha value is -1.06. The molecule has 0 atom stereocenters. The van der Waals surface area contributed by atoms with Crippen LogP contribution in [0.2, 0.25) is 0 Å². The van der Waals surface area contributed by atoms with Gasteiger partial charge in [-0.2, -0.15) is 0 Å². The van der Waals surface area contributed by atoms with Crippen molar-refractivity contribution in [2.75, 3.05) is 19.7 Å². The molecule has 0 aliphatic carbocycles. The van der Waals surface area contributed by atoms with Gasteiger partial charge in [-0.05, 0) is 58.2 Å². The van der Waals surface area contributed by atoms with Crippen molar-refractivity contribution in [3.05, 3.63) is 29.8 Å². The third-order valence-electron chi connectivity index (χ3n) is 4.25. The summed E-state index contributed by atoms with van der Waals surface area (Å²) in [6, 6.07) is 9.04. The number of rotatable bonds is 5. The number of hydrogen-bond donors (Lipinski definition) is 1. The van der Waals surface area contributed by atoms with Crippen molar-refractivity contribution in [3.8, 4) is 5.75 Å². The molecule has 118 valence electrons. The van der Waals surface area contributed by atoms with Crippen molar-refractivity contribution in [2.24, 2.45) is 0 Å². The van der Waals surface area contributed by atoms with Crippen LogP contribution in [0.15, 0.2) is 24.3 Å². The molecular weight excluding hydrogens is 260 g/mol. The number of piperidine rings is 1. The SMILES string of the molecule is CCOc1cccc(CNC2CCN(C(C)(C)C)CC2)c1. The zero-order valence-corrected chi connectivity index (χ0v) is 14.0. The van der Waals surface area contributed by atoms with E-state index in [0.717, 1.165) is 18.9 Å². The Balaban J connectivity index is 1.78. The van der Waals surface area contributed by atoms with E-state index >= 15 is 0 Å². The molecule has 1 aliphatic rings. The average molecular weight is 290 g/mol. The van der Waals surface area contributed by atoms with Gasteiger partial charge < -0.3 is 10.1 Å². The lowest BCUT2D eigenvalue weighted by molar-refractivity contribution is 0.0960. The first-order valence-electron chi connectivity index (χ1n) is 8.19. The van der Waals surface area contributed by atoms with E-state index in [9.17, 15) is 0 Å². The molecule has 1 N–H and O–H groups in total. The summed E-state index contributed by atoms with van der Waals surface area (Å²) >= 11 is 0. The van der Waals surface area contributed by atoms with Gasteiger partial charge in [0, 0.05) is 31.2 Å². The molecule has 3 heteroatoms. The van der Waals surface area contributed by atoms with Gasteiger partial charge in [0.2, 0.25) is 0 Å². The Bertz CT molecular complexity index is 431. The Morgan fingerprint density at radius 3 is 2.57 bits per heavy atom. The molecule has 1 fully saturated rings. The van der Waals surface area contributed by atoms with Crippen molar-refractivity contribution in [3.63, 3.8) is 0 Å². The molecule has 0 bridgehead atoms. The lowest BCUT2D eigenvalue weighted by atomic mass is 9.98. The van der Waals surface area contributed by atoms with E-state index in [1.807, 2.05) is 13.0 Å². The zero-order chi connectivity index (χ0) is 15.3. The smallest absolute Gasteiger partial charge is 0.119 e. The van der Waals surface area contributed by atoms with Crippen LogP contribution in [0.4, 0.5) is 0 Å². The lowest BCUT2D eigenvalue weighted by Crippen LogP contribution is -2.49. The van der Waals surface area contributed by atoms with Crippen molar-refractivity contribution < 1.29 is 4.74 Å². The molecule has 0 radical (unpaired) electrons. The quantitative estimate of drug-likeness (QED) is 0.899. The number of hydrogen-bond acceptors (Lipinski definition) is 3. The molecule has 1 aromatic carbocycles. The monoisotopic (exact) mass is 290 g/mol. The minimum absolute atomic E-state index is 0.302. The maximum Gasteiger partial charge on any atom is 0.119 e. The molecule has 1 heterocycles. The summed E-state index contributed by atoms with van der Waals surface area (Å²) in [5.41, 5.74) is 1.61. The average Bonchev–Trinajstić information content (AvgIpc) is 2.45. The minimum atomic E-state index is 0.302. The van der Waals surface area contributed by atoms with Gasteiger partial charge in [0.05, 0.1) is 6.61 Å². The van der Waals surface area contributed by atoms with Crippen LogP contribution in [0.25, 0.3) is 0 Å². The summed E-state index contributed by atoms with van der Waals surface area (Å²) in [7, 11) is 0. The van der Waals surface area contributed by atoms with Crippen LogP contribution >= 0.6 is 0 Å². The third-order valence-corrected chi connectivity index (χ3v) is 4.25. The van der Waals surface area contributed by atoms with Crippen molar-refractivity contribution >= 4 is 0 Å². The number of likely N-dealkylation sites (tertiary alicyclic amines) is 1. The summed E-state index contributed by atoms with van der Waals surface area (Å²) < 4.78 is 5.56. The predicted molar refractivity (Wildman–Crippen MR) is 88.8 cm³/mol. The summed E-state index contributed by atoms with van der Waals surface area (Å²) in [6.45, 7) is 13.0. The van der Waals surface area contributed by atoms with Gasteiger partial charge in [-0.3, -0.25) is 4.90 Å². The molecular formula is C18H30N2O. The highest BCUT2D eigenvalue weighted by molar-refractivity contribution is 5.28. The maximum atomic E-state index is 5.56. The van der Waals surface area contributed by atoms with E-state index in [-0.39, 0.29) is 0 Å². The molecule has 1 aliphatic heterocycles. The van der Waals surface area contributed by atoms with E-state index in [1.54, 1.807) is 0 Å². The third kappa shape index (κ3) is 5.01. The second-order valence-electron chi connectivity index (χ2n) is 6.89. The van der Waals surface area contributed by atoms with E-state index in [1.165, 1.54) is 31.5 Å². The normalized spacial score (nSPS) is 17.9. The Morgan fingerprint density at radius 1 is 1.24 bits per heavy atom. The van der Waals surface area contributed by atoms with Crippen LogP contribution in [0.5, 0.6) is 5.75 Å². The first-order valence-corrected chi connectivity index (χ1v) is 8.19. The highest BCUT2D eigenvalue weighted by Gasteiger charge is 2.26. The van der Waals surface area contributed by atoms with E-state index in [2.05, 4.69) is 49.2 Å². The molecule has 1 saturated heterocycles. The second-order valence-corrected chi connectivity index (χ2v) is 6.89. The Morgan fingerprint density at radius 2 is 1.95 bits per heavy atom. The van der Waals surface area contributed by atoms with Crippen LogP contribution in [-0.4, -0.2) is 36.2 Å². The van der Waals surface area contributed by atoms with Crippen LogP contribution in [0, 0.1) is 0 Å². The van der Waals surface area contributed by atoms with Crippen molar-refractivity contribution in [1.29, 1.82) is 0 Å². The molecule has 0 unspecified atom stereocenters. The predicted octanol–water partition coefficient (Wildman–Crippen LogP) is 3.44. The van der Waals surface area contributed by atoms with Gasteiger partial charge in [0.1, 0.15) is 5.75 Å². The molecule has 21 heavy (non-hydrogen) atoms. The zero-order valence-electron chi connectivity index (χ0n) is 14.0. The van der Waals surface area contributed by atoms with E-state index < -0.39 is 0 Å². The Kier molecular flexibility index (Phi) is 5.65. The largest absolute Gasteiger partial charge is 0.494 e. The summed E-state index contributed by atoms with van der Waals surface area (Å²) in [5, 5.41) is 3.70. The van der Waals surface area contributed by atoms with Gasteiger partial charge in [-0.1, -0.05) is 12.1 Å². The van der Waals surface area contributed by atoms with Crippen LogP contribution in [-0.2, 0) is 6.54 Å². The molecule has 2 rings (SSSR count). The highest BCUT2D eigenvalue weighted by atomic mass is 16.5. The van der Waals surface area contributed by atoms with Gasteiger partial charge in [0.25, 0.3) is 0 Å². The summed E-state index contributed by atoms with van der Waals surface area (Å²) in [5.74, 6) is 0.972. The summed E-state index contributed by atoms with van der Waals surface area (Å²) in [4.78, 5) is 2.58. The highest BCUT2D eigenvalue weighted by Crippen LogP contribution is 2.20.